The molecule has 112 valence electrons. The number of hydrogen-bond donors (Lipinski definition) is 3. The number of benzene rings is 1. The van der Waals surface area contributed by atoms with E-state index in [0.29, 0.717) is 17.7 Å². The van der Waals surface area contributed by atoms with Crippen molar-refractivity contribution in [3.63, 3.8) is 0 Å². The summed E-state index contributed by atoms with van der Waals surface area (Å²) >= 11 is 7.02. The number of halogens is 2. The largest absolute Gasteiger partial charge is 0.394 e. The molecule has 1 aromatic heterocycles. The fourth-order valence-corrected chi connectivity index (χ4v) is 2.79. The normalized spacial score (nSPS) is 12.3. The lowest BCUT2D eigenvalue weighted by Gasteiger charge is -2.16. The van der Waals surface area contributed by atoms with E-state index < -0.39 is 17.8 Å². The number of primary amides is 1. The van der Waals surface area contributed by atoms with Crippen molar-refractivity contribution >= 4 is 28.8 Å². The number of rotatable bonds is 6. The van der Waals surface area contributed by atoms with Crippen molar-refractivity contribution in [2.75, 3.05) is 6.61 Å². The van der Waals surface area contributed by atoms with Crippen LogP contribution in [0.25, 0.3) is 0 Å². The highest BCUT2D eigenvalue weighted by atomic mass is 35.5. The van der Waals surface area contributed by atoms with Gasteiger partial charge in [-0.2, -0.15) is 0 Å². The maximum atomic E-state index is 13.4. The molecule has 2 rings (SSSR count). The molecule has 0 spiro atoms. The number of hydrogen-bond acceptors (Lipinski definition) is 4. The van der Waals surface area contributed by atoms with Gasteiger partial charge in [-0.1, -0.05) is 17.7 Å². The van der Waals surface area contributed by atoms with Gasteiger partial charge in [0.2, 0.25) is 5.91 Å². The molecular weight excluding hydrogens is 315 g/mol. The Balaban J connectivity index is 2.04. The van der Waals surface area contributed by atoms with E-state index in [9.17, 15) is 14.3 Å². The average Bonchev–Trinajstić information content (AvgIpc) is 2.92. The molecule has 4 N–H and O–H groups in total. The molecule has 1 aromatic carbocycles. The molecule has 4 nitrogen and oxygen atoms in total. The Labute approximate surface area is 130 Å². The van der Waals surface area contributed by atoms with Crippen molar-refractivity contribution in [3.8, 4) is 0 Å². The molecule has 0 aliphatic carbocycles. The molecule has 0 fully saturated rings. The lowest BCUT2D eigenvalue weighted by Crippen LogP contribution is -2.23. The average molecular weight is 329 g/mol. The van der Waals surface area contributed by atoms with Crippen LogP contribution in [0.3, 0.4) is 0 Å². The van der Waals surface area contributed by atoms with Gasteiger partial charge in [-0.15, -0.1) is 11.3 Å². The van der Waals surface area contributed by atoms with Crippen LogP contribution in [0.1, 0.15) is 26.8 Å². The van der Waals surface area contributed by atoms with Gasteiger partial charge in [0.05, 0.1) is 23.2 Å². The quantitative estimate of drug-likeness (QED) is 0.762. The van der Waals surface area contributed by atoms with Crippen LogP contribution in [0.2, 0.25) is 5.02 Å². The Morgan fingerprint density at radius 2 is 2.24 bits per heavy atom. The van der Waals surface area contributed by atoms with E-state index in [1.165, 1.54) is 23.5 Å². The van der Waals surface area contributed by atoms with Gasteiger partial charge >= 0.3 is 0 Å². The van der Waals surface area contributed by atoms with Gasteiger partial charge in [0.25, 0.3) is 0 Å². The van der Waals surface area contributed by atoms with Gasteiger partial charge in [-0.25, -0.2) is 4.39 Å². The van der Waals surface area contributed by atoms with Gasteiger partial charge < -0.3 is 16.2 Å². The smallest absolute Gasteiger partial charge is 0.249 e. The Morgan fingerprint density at radius 3 is 2.81 bits per heavy atom. The summed E-state index contributed by atoms with van der Waals surface area (Å²) in [6, 6.07) is 5.67. The molecule has 1 atom stereocenters. The Hall–Kier alpha value is -1.47. The highest BCUT2D eigenvalue weighted by Crippen LogP contribution is 2.21. The van der Waals surface area contributed by atoms with Crippen LogP contribution in [-0.2, 0) is 6.54 Å². The lowest BCUT2D eigenvalue weighted by atomic mass is 10.1. The number of carbonyl (C=O) groups excluding carboxylic acids is 1. The molecule has 0 saturated carbocycles. The van der Waals surface area contributed by atoms with E-state index in [0.717, 1.165) is 4.88 Å². The first-order valence-electron chi connectivity index (χ1n) is 6.17. The monoisotopic (exact) mass is 328 g/mol. The van der Waals surface area contributed by atoms with Crippen LogP contribution < -0.4 is 11.1 Å². The maximum Gasteiger partial charge on any atom is 0.249 e. The molecule has 0 saturated heterocycles. The van der Waals surface area contributed by atoms with E-state index in [2.05, 4.69) is 5.32 Å². The first-order valence-corrected chi connectivity index (χ1v) is 7.43. The zero-order valence-corrected chi connectivity index (χ0v) is 12.5. The van der Waals surface area contributed by atoms with Crippen LogP contribution in [0.5, 0.6) is 0 Å². The van der Waals surface area contributed by atoms with Gasteiger partial charge in [-0.3, -0.25) is 4.79 Å². The van der Waals surface area contributed by atoms with Gasteiger partial charge in [0.15, 0.2) is 0 Å². The molecule has 1 heterocycles. The van der Waals surface area contributed by atoms with Crippen LogP contribution in [0.4, 0.5) is 4.39 Å². The van der Waals surface area contributed by atoms with Crippen LogP contribution >= 0.6 is 22.9 Å². The zero-order chi connectivity index (χ0) is 15.4. The minimum Gasteiger partial charge on any atom is -0.394 e. The number of nitrogens with two attached hydrogens (primary N) is 1. The minimum absolute atomic E-state index is 0.0415. The molecule has 2 aromatic rings. The molecule has 0 bridgehead atoms. The van der Waals surface area contributed by atoms with Crippen LogP contribution in [-0.4, -0.2) is 17.6 Å². The van der Waals surface area contributed by atoms with Gasteiger partial charge in [-0.05, 0) is 23.8 Å². The van der Waals surface area contributed by atoms with Crippen molar-refractivity contribution in [3.05, 3.63) is 56.5 Å². The third kappa shape index (κ3) is 4.01. The van der Waals surface area contributed by atoms with Crippen molar-refractivity contribution in [2.45, 2.75) is 12.6 Å². The minimum atomic E-state index is -0.526. The summed E-state index contributed by atoms with van der Waals surface area (Å²) < 4.78 is 13.4. The summed E-state index contributed by atoms with van der Waals surface area (Å²) in [6.07, 6.45) is 0. The summed E-state index contributed by atoms with van der Waals surface area (Å²) in [5.41, 5.74) is 6.24. The molecule has 7 heteroatoms. The highest BCUT2D eigenvalue weighted by molar-refractivity contribution is 7.10. The SMILES string of the molecule is NC(=O)c1csc(CNC(CO)c2ccc(Cl)c(F)c2)c1. The lowest BCUT2D eigenvalue weighted by molar-refractivity contribution is 0.100. The first-order chi connectivity index (χ1) is 10.0. The molecule has 1 amide bonds. The summed E-state index contributed by atoms with van der Waals surface area (Å²) in [5.74, 6) is -1.00. The van der Waals surface area contributed by atoms with Crippen LogP contribution in [0, 0.1) is 5.82 Å². The number of aliphatic hydroxyl groups excluding tert-OH is 1. The third-order valence-corrected chi connectivity index (χ3v) is 4.23. The summed E-state index contributed by atoms with van der Waals surface area (Å²) in [6.45, 7) is 0.253. The molecule has 21 heavy (non-hydrogen) atoms. The van der Waals surface area contributed by atoms with Crippen molar-refractivity contribution in [2.24, 2.45) is 5.73 Å². The van der Waals surface area contributed by atoms with E-state index in [1.54, 1.807) is 17.5 Å². The fraction of sp³-hybridized carbons (Fsp3) is 0.214. The predicted molar refractivity (Wildman–Crippen MR) is 80.9 cm³/mol. The molecule has 1 unspecified atom stereocenters. The zero-order valence-electron chi connectivity index (χ0n) is 11.0. The molecule has 0 aliphatic heterocycles. The number of amides is 1. The van der Waals surface area contributed by atoms with E-state index >= 15 is 0 Å². The van der Waals surface area contributed by atoms with E-state index in [4.69, 9.17) is 17.3 Å². The molecule has 0 aliphatic rings. The van der Waals surface area contributed by atoms with Crippen molar-refractivity contribution < 1.29 is 14.3 Å². The van der Waals surface area contributed by atoms with Gasteiger partial charge in [0.1, 0.15) is 5.82 Å². The second-order valence-electron chi connectivity index (χ2n) is 4.46. The number of thiophene rings is 1. The summed E-state index contributed by atoms with van der Waals surface area (Å²) in [5, 5.41) is 14.2. The Morgan fingerprint density at radius 1 is 1.48 bits per heavy atom. The second-order valence-corrected chi connectivity index (χ2v) is 5.86. The standard InChI is InChI=1S/C14H14ClFN2O2S/c15-11-2-1-8(4-12(11)16)13(6-19)18-5-10-3-9(7-21-10)14(17)20/h1-4,7,13,18-19H,5-6H2,(H2,17,20). The first kappa shape index (κ1) is 15.9. The van der Waals surface area contributed by atoms with Gasteiger partial charge in [0, 0.05) is 16.8 Å². The third-order valence-electron chi connectivity index (χ3n) is 2.99. The Bertz CT molecular complexity index is 648. The maximum absolute atomic E-state index is 13.4. The van der Waals surface area contributed by atoms with Crippen molar-refractivity contribution in [1.82, 2.24) is 5.32 Å². The van der Waals surface area contributed by atoms with Crippen molar-refractivity contribution in [1.29, 1.82) is 0 Å². The Kier molecular flexibility index (Phi) is 5.30. The van der Waals surface area contributed by atoms with Crippen LogP contribution in [0.15, 0.2) is 29.6 Å². The number of aliphatic hydroxyl groups is 1. The highest BCUT2D eigenvalue weighted by Gasteiger charge is 2.13. The van der Waals surface area contributed by atoms with E-state index in [1.807, 2.05) is 0 Å². The number of carbonyl (C=O) groups is 1. The molecule has 0 radical (unpaired) electrons. The molecular formula is C14H14ClFN2O2S. The summed E-state index contributed by atoms with van der Waals surface area (Å²) in [7, 11) is 0. The predicted octanol–water partition coefficient (Wildman–Crippen LogP) is 2.46. The second kappa shape index (κ2) is 7.00. The topological polar surface area (TPSA) is 75.4 Å². The summed E-state index contributed by atoms with van der Waals surface area (Å²) in [4.78, 5) is 11.9. The van der Waals surface area contributed by atoms with E-state index in [-0.39, 0.29) is 11.6 Å². The fourth-order valence-electron chi connectivity index (χ4n) is 1.84. The number of nitrogens with one attached hydrogen (secondary N) is 1.